The average molecular weight is 299 g/mol. The topological polar surface area (TPSA) is 38.8 Å². The van der Waals surface area contributed by atoms with E-state index in [-0.39, 0.29) is 23.2 Å². The molecule has 2 heterocycles. The Morgan fingerprint density at radius 2 is 1.95 bits per heavy atom. The normalized spacial score (nSPS) is 31.4. The third-order valence-electron chi connectivity index (χ3n) is 5.35. The van der Waals surface area contributed by atoms with E-state index in [9.17, 15) is 4.79 Å². The number of ether oxygens (including phenoxy) is 1. The zero-order chi connectivity index (χ0) is 15.1. The Morgan fingerprint density at radius 3 is 2.50 bits per heavy atom. The van der Waals surface area contributed by atoms with Gasteiger partial charge in [0.15, 0.2) is 8.32 Å². The van der Waals surface area contributed by atoms with Crippen molar-refractivity contribution < 1.29 is 14.0 Å². The Hall–Kier alpha value is -0.393. The zero-order valence-corrected chi connectivity index (χ0v) is 14.7. The first-order valence-corrected chi connectivity index (χ1v) is 10.6. The summed E-state index contributed by atoms with van der Waals surface area (Å²) < 4.78 is 11.6. The number of hydrogen-bond donors (Lipinski definition) is 0. The van der Waals surface area contributed by atoms with Gasteiger partial charge in [-0.2, -0.15) is 0 Å². The van der Waals surface area contributed by atoms with Crippen molar-refractivity contribution in [2.24, 2.45) is 0 Å². The fraction of sp³-hybridized carbons (Fsp3) is 0.933. The fourth-order valence-corrected chi connectivity index (χ4v) is 4.53. The number of methoxy groups -OCH3 is 1. The number of fused-ring (bicyclic) bond motifs is 1. The first-order chi connectivity index (χ1) is 9.17. The second kappa shape index (κ2) is 5.43. The highest BCUT2D eigenvalue weighted by Gasteiger charge is 2.50. The van der Waals surface area contributed by atoms with Crippen LogP contribution in [0, 0.1) is 0 Å². The molecular weight excluding hydrogens is 270 g/mol. The van der Waals surface area contributed by atoms with Crippen molar-refractivity contribution in [3.63, 3.8) is 0 Å². The van der Waals surface area contributed by atoms with Gasteiger partial charge in [0, 0.05) is 12.5 Å². The largest absolute Gasteiger partial charge is 0.468 e. The lowest BCUT2D eigenvalue weighted by atomic mass is 10.1. The molecule has 0 aromatic rings. The van der Waals surface area contributed by atoms with Gasteiger partial charge in [-0.1, -0.05) is 20.8 Å². The van der Waals surface area contributed by atoms with Gasteiger partial charge in [0.05, 0.1) is 13.2 Å². The SMILES string of the molecule is COC(=O)[C@@H]1C[C@H](O[Si](C)(C)C(C)(C)C)[C@@H]2CCCN12. The van der Waals surface area contributed by atoms with Gasteiger partial charge in [-0.05, 0) is 37.5 Å². The quantitative estimate of drug-likeness (QED) is 0.593. The van der Waals surface area contributed by atoms with Crippen molar-refractivity contribution in [1.82, 2.24) is 4.90 Å². The molecule has 0 spiro atoms. The molecule has 0 bridgehead atoms. The molecule has 0 amide bonds. The van der Waals surface area contributed by atoms with E-state index in [0.717, 1.165) is 25.8 Å². The third-order valence-corrected chi connectivity index (χ3v) is 9.86. The van der Waals surface area contributed by atoms with Crippen LogP contribution in [-0.2, 0) is 14.0 Å². The number of carbonyl (C=O) groups excluding carboxylic acids is 1. The number of carbonyl (C=O) groups is 1. The van der Waals surface area contributed by atoms with E-state index in [1.54, 1.807) is 0 Å². The van der Waals surface area contributed by atoms with Gasteiger partial charge in [0.25, 0.3) is 0 Å². The molecule has 2 fully saturated rings. The summed E-state index contributed by atoms with van der Waals surface area (Å²) in [5, 5.41) is 0.208. The van der Waals surface area contributed by atoms with Crippen LogP contribution in [0.5, 0.6) is 0 Å². The minimum absolute atomic E-state index is 0.0951. The lowest BCUT2D eigenvalue weighted by Gasteiger charge is -2.39. The number of rotatable bonds is 3. The molecule has 0 N–H and O–H groups in total. The van der Waals surface area contributed by atoms with Crippen LogP contribution in [0.25, 0.3) is 0 Å². The van der Waals surface area contributed by atoms with E-state index in [4.69, 9.17) is 9.16 Å². The first kappa shape index (κ1) is 16.0. The summed E-state index contributed by atoms with van der Waals surface area (Å²) in [5.41, 5.74) is 0. The maximum Gasteiger partial charge on any atom is 0.323 e. The van der Waals surface area contributed by atoms with Crippen molar-refractivity contribution in [3.8, 4) is 0 Å². The van der Waals surface area contributed by atoms with Crippen LogP contribution in [0.4, 0.5) is 0 Å². The second-order valence-electron chi connectivity index (χ2n) is 7.64. The van der Waals surface area contributed by atoms with Gasteiger partial charge in [-0.3, -0.25) is 9.69 Å². The highest BCUT2D eigenvalue weighted by Crippen LogP contribution is 2.42. The van der Waals surface area contributed by atoms with E-state index >= 15 is 0 Å². The lowest BCUT2D eigenvalue weighted by Crippen LogP contribution is -2.46. The highest BCUT2D eigenvalue weighted by atomic mass is 28.4. The summed E-state index contributed by atoms with van der Waals surface area (Å²) in [6.07, 6.45) is 3.30. The van der Waals surface area contributed by atoms with Crippen molar-refractivity contribution in [2.45, 2.75) is 76.4 Å². The van der Waals surface area contributed by atoms with Crippen LogP contribution in [0.2, 0.25) is 18.1 Å². The summed E-state index contributed by atoms with van der Waals surface area (Å²) in [7, 11) is -0.302. The molecule has 0 aromatic carbocycles. The van der Waals surface area contributed by atoms with E-state index in [0.29, 0.717) is 6.04 Å². The Morgan fingerprint density at radius 1 is 1.30 bits per heavy atom. The summed E-state index contributed by atoms with van der Waals surface area (Å²) in [6, 6.07) is 0.315. The van der Waals surface area contributed by atoms with Gasteiger partial charge >= 0.3 is 5.97 Å². The summed E-state index contributed by atoms with van der Waals surface area (Å²) in [6.45, 7) is 12.4. The van der Waals surface area contributed by atoms with Crippen LogP contribution in [0.3, 0.4) is 0 Å². The van der Waals surface area contributed by atoms with Gasteiger partial charge < -0.3 is 9.16 Å². The van der Waals surface area contributed by atoms with Crippen LogP contribution in [0.15, 0.2) is 0 Å². The van der Waals surface area contributed by atoms with E-state index in [1.165, 1.54) is 7.11 Å². The van der Waals surface area contributed by atoms with E-state index < -0.39 is 8.32 Å². The molecule has 0 aromatic heterocycles. The molecule has 2 saturated heterocycles. The van der Waals surface area contributed by atoms with Gasteiger partial charge in [0.2, 0.25) is 0 Å². The molecule has 5 heteroatoms. The lowest BCUT2D eigenvalue weighted by molar-refractivity contribution is -0.145. The number of nitrogens with zero attached hydrogens (tertiary/aromatic N) is 1. The third kappa shape index (κ3) is 2.80. The summed E-state index contributed by atoms with van der Waals surface area (Å²) >= 11 is 0. The predicted molar refractivity (Wildman–Crippen MR) is 82.2 cm³/mol. The molecular formula is C15H29NO3Si. The molecule has 0 unspecified atom stereocenters. The smallest absolute Gasteiger partial charge is 0.323 e. The second-order valence-corrected chi connectivity index (χ2v) is 12.4. The van der Waals surface area contributed by atoms with Crippen molar-refractivity contribution in [1.29, 1.82) is 0 Å². The minimum Gasteiger partial charge on any atom is -0.468 e. The van der Waals surface area contributed by atoms with Crippen molar-refractivity contribution >= 4 is 14.3 Å². The fourth-order valence-electron chi connectivity index (χ4n) is 3.16. The van der Waals surface area contributed by atoms with Crippen LogP contribution < -0.4 is 0 Å². The Bertz CT molecular complexity index is 378. The first-order valence-electron chi connectivity index (χ1n) is 7.69. The van der Waals surface area contributed by atoms with Gasteiger partial charge in [-0.15, -0.1) is 0 Å². The number of hydrogen-bond acceptors (Lipinski definition) is 4. The van der Waals surface area contributed by atoms with Crippen LogP contribution in [-0.4, -0.2) is 51.0 Å². The molecule has 0 radical (unpaired) electrons. The van der Waals surface area contributed by atoms with E-state index in [1.807, 2.05) is 0 Å². The molecule has 2 aliphatic rings. The summed E-state index contributed by atoms with van der Waals surface area (Å²) in [5.74, 6) is -0.0989. The Balaban J connectivity index is 2.12. The van der Waals surface area contributed by atoms with Crippen LogP contribution >= 0.6 is 0 Å². The Labute approximate surface area is 123 Å². The molecule has 0 aliphatic carbocycles. The van der Waals surface area contributed by atoms with Crippen molar-refractivity contribution in [3.05, 3.63) is 0 Å². The predicted octanol–water partition coefficient (Wildman–Crippen LogP) is 2.79. The van der Waals surface area contributed by atoms with Gasteiger partial charge in [0.1, 0.15) is 6.04 Å². The molecule has 2 rings (SSSR count). The maximum absolute atomic E-state index is 12.0. The monoisotopic (exact) mass is 299 g/mol. The maximum atomic E-state index is 12.0. The molecule has 116 valence electrons. The van der Waals surface area contributed by atoms with Crippen molar-refractivity contribution in [2.75, 3.05) is 13.7 Å². The molecule has 4 nitrogen and oxygen atoms in total. The Kier molecular flexibility index (Phi) is 4.34. The molecule has 20 heavy (non-hydrogen) atoms. The molecule has 0 saturated carbocycles. The van der Waals surface area contributed by atoms with Gasteiger partial charge in [-0.25, -0.2) is 0 Å². The van der Waals surface area contributed by atoms with E-state index in [2.05, 4.69) is 38.8 Å². The molecule has 3 atom stereocenters. The highest BCUT2D eigenvalue weighted by molar-refractivity contribution is 6.74. The zero-order valence-electron chi connectivity index (χ0n) is 13.7. The number of esters is 1. The average Bonchev–Trinajstić information content (AvgIpc) is 2.90. The molecule has 2 aliphatic heterocycles. The van der Waals surface area contributed by atoms with Crippen LogP contribution in [0.1, 0.15) is 40.0 Å². The summed E-state index contributed by atoms with van der Waals surface area (Å²) in [4.78, 5) is 14.3. The standard InChI is InChI=1S/C15H29NO3Si/c1-15(2,3)20(5,6)19-13-10-12(14(17)18-4)16-9-7-8-11(13)16/h11-13H,7-10H2,1-6H3/t11-,12-,13-/m0/s1. The minimum atomic E-state index is -1.78.